The molecule has 1 fully saturated rings. The largest absolute Gasteiger partial charge is 0.366 e. The molecule has 0 amide bonds. The molecule has 1 atom stereocenters. The highest BCUT2D eigenvalue weighted by molar-refractivity contribution is 5.79. The van der Waals surface area contributed by atoms with Gasteiger partial charge in [-0.2, -0.15) is 10.4 Å². The third-order valence-corrected chi connectivity index (χ3v) is 5.01. The average Bonchev–Trinajstić information content (AvgIpc) is 3.31. The number of hydrogen-bond donors (Lipinski definition) is 1. The van der Waals surface area contributed by atoms with E-state index in [9.17, 15) is 5.26 Å². The lowest BCUT2D eigenvalue weighted by Crippen LogP contribution is -2.17. The molecule has 1 aliphatic carbocycles. The molecule has 1 N–H and O–H groups in total. The molecule has 6 heteroatoms. The zero-order valence-electron chi connectivity index (χ0n) is 13.5. The lowest BCUT2D eigenvalue weighted by Gasteiger charge is -2.21. The first-order valence-corrected chi connectivity index (χ1v) is 8.53. The predicted molar refractivity (Wildman–Crippen MR) is 92.0 cm³/mol. The Morgan fingerprint density at radius 2 is 2.21 bits per heavy atom. The minimum absolute atomic E-state index is 0.164. The van der Waals surface area contributed by atoms with E-state index < -0.39 is 0 Å². The Labute approximate surface area is 141 Å². The minimum atomic E-state index is 0.164. The van der Waals surface area contributed by atoms with Crippen molar-refractivity contribution >= 4 is 11.9 Å². The predicted octanol–water partition coefficient (Wildman–Crippen LogP) is 3.42. The molecule has 4 rings (SSSR count). The van der Waals surface area contributed by atoms with Crippen LogP contribution in [0.4, 0.5) is 5.82 Å². The fourth-order valence-electron chi connectivity index (χ4n) is 3.81. The molecule has 122 valence electrons. The molecule has 2 aromatic heterocycles. The number of fused-ring (bicyclic) bond motifs is 1. The van der Waals surface area contributed by atoms with Crippen LogP contribution in [0.15, 0.2) is 24.8 Å². The number of hydrogen-bond acceptors (Lipinski definition) is 5. The zero-order valence-corrected chi connectivity index (χ0v) is 13.5. The van der Waals surface area contributed by atoms with Crippen LogP contribution in [-0.2, 0) is 0 Å². The lowest BCUT2D eigenvalue weighted by molar-refractivity contribution is 0.315. The van der Waals surface area contributed by atoms with Gasteiger partial charge in [-0.3, -0.25) is 4.68 Å². The van der Waals surface area contributed by atoms with Gasteiger partial charge in [0.05, 0.1) is 30.4 Å². The van der Waals surface area contributed by atoms with Gasteiger partial charge in [0.2, 0.25) is 0 Å². The van der Waals surface area contributed by atoms with Crippen LogP contribution in [0.25, 0.3) is 17.3 Å². The smallest absolute Gasteiger partial charge is 0.137 e. The van der Waals surface area contributed by atoms with Gasteiger partial charge in [-0.25, -0.2) is 9.97 Å². The Bertz CT molecular complexity index is 794. The van der Waals surface area contributed by atoms with Gasteiger partial charge >= 0.3 is 0 Å². The van der Waals surface area contributed by atoms with Crippen LogP contribution >= 0.6 is 0 Å². The number of nitrogens with one attached hydrogen (secondary N) is 1. The molecular weight excluding hydrogens is 300 g/mol. The van der Waals surface area contributed by atoms with Gasteiger partial charge in [-0.1, -0.05) is 25.0 Å². The fraction of sp³-hybridized carbons (Fsp3) is 0.444. The lowest BCUT2D eigenvalue weighted by atomic mass is 9.96. The van der Waals surface area contributed by atoms with Gasteiger partial charge in [0.1, 0.15) is 12.1 Å². The van der Waals surface area contributed by atoms with Crippen LogP contribution in [0, 0.1) is 17.2 Å². The van der Waals surface area contributed by atoms with Crippen LogP contribution in [0.5, 0.6) is 0 Å². The Balaban J connectivity index is 1.68. The second-order valence-electron chi connectivity index (χ2n) is 6.45. The molecule has 1 unspecified atom stereocenters. The Morgan fingerprint density at radius 1 is 1.33 bits per heavy atom. The average molecular weight is 320 g/mol. The minimum Gasteiger partial charge on any atom is -0.366 e. The standard InChI is InChI=1S/C18H20N6/c19-8-7-16(13-4-1-2-5-13)24-11-14(10-23-24)17-15-6-3-9-20-18(15)22-12-21-17/h3,6,10-13,16H,1-2,4-5,7,9H2,(H,20,21,22). The van der Waals surface area contributed by atoms with E-state index >= 15 is 0 Å². The van der Waals surface area contributed by atoms with Crippen molar-refractivity contribution in [2.45, 2.75) is 38.1 Å². The summed E-state index contributed by atoms with van der Waals surface area (Å²) in [6, 6.07) is 2.50. The van der Waals surface area contributed by atoms with Crippen LogP contribution in [-0.4, -0.2) is 26.3 Å². The van der Waals surface area contributed by atoms with E-state index in [1.54, 1.807) is 6.33 Å². The molecule has 0 spiro atoms. The number of nitriles is 1. The summed E-state index contributed by atoms with van der Waals surface area (Å²) >= 11 is 0. The molecular formula is C18H20N6. The maximum Gasteiger partial charge on any atom is 0.137 e. The van der Waals surface area contributed by atoms with Crippen molar-refractivity contribution in [3.8, 4) is 17.3 Å². The van der Waals surface area contributed by atoms with E-state index in [0.717, 1.165) is 29.2 Å². The van der Waals surface area contributed by atoms with Crippen molar-refractivity contribution < 1.29 is 0 Å². The van der Waals surface area contributed by atoms with Crippen LogP contribution in [0.1, 0.15) is 43.7 Å². The van der Waals surface area contributed by atoms with E-state index in [-0.39, 0.29) is 6.04 Å². The third-order valence-electron chi connectivity index (χ3n) is 5.01. The highest BCUT2D eigenvalue weighted by atomic mass is 15.3. The van der Waals surface area contributed by atoms with E-state index in [1.807, 2.05) is 17.1 Å². The van der Waals surface area contributed by atoms with E-state index in [4.69, 9.17) is 0 Å². The summed E-state index contributed by atoms with van der Waals surface area (Å²) in [6.07, 6.45) is 15.0. The quantitative estimate of drug-likeness (QED) is 0.933. The SMILES string of the molecule is N#CCC(C1CCCC1)n1cc(-c2ncnc3c2C=CCN3)cn1. The van der Waals surface area contributed by atoms with Gasteiger partial charge in [-0.05, 0) is 18.8 Å². The van der Waals surface area contributed by atoms with E-state index in [0.29, 0.717) is 12.3 Å². The van der Waals surface area contributed by atoms with Gasteiger partial charge in [0.25, 0.3) is 0 Å². The molecule has 0 saturated heterocycles. The molecule has 0 bridgehead atoms. The van der Waals surface area contributed by atoms with Gasteiger partial charge in [-0.15, -0.1) is 0 Å². The number of aromatic nitrogens is 4. The molecule has 3 heterocycles. The Hall–Kier alpha value is -2.68. The molecule has 24 heavy (non-hydrogen) atoms. The highest BCUT2D eigenvalue weighted by Crippen LogP contribution is 2.37. The molecule has 6 nitrogen and oxygen atoms in total. The summed E-state index contributed by atoms with van der Waals surface area (Å²) < 4.78 is 1.98. The van der Waals surface area contributed by atoms with Crippen molar-refractivity contribution in [1.82, 2.24) is 19.7 Å². The van der Waals surface area contributed by atoms with Gasteiger partial charge in [0, 0.05) is 23.9 Å². The molecule has 2 aliphatic rings. The summed E-state index contributed by atoms with van der Waals surface area (Å²) in [5, 5.41) is 17.0. The first-order valence-electron chi connectivity index (χ1n) is 8.53. The summed E-state index contributed by atoms with van der Waals surface area (Å²) in [4.78, 5) is 8.75. The first kappa shape index (κ1) is 14.9. The highest BCUT2D eigenvalue weighted by Gasteiger charge is 2.27. The number of anilines is 1. The Morgan fingerprint density at radius 3 is 3.04 bits per heavy atom. The summed E-state index contributed by atoms with van der Waals surface area (Å²) in [5.74, 6) is 1.41. The fourth-order valence-corrected chi connectivity index (χ4v) is 3.81. The van der Waals surface area contributed by atoms with E-state index in [1.165, 1.54) is 25.7 Å². The summed E-state index contributed by atoms with van der Waals surface area (Å²) in [6.45, 7) is 0.786. The Kier molecular flexibility index (Phi) is 3.99. The monoisotopic (exact) mass is 320 g/mol. The number of rotatable bonds is 4. The topological polar surface area (TPSA) is 79.4 Å². The molecule has 0 radical (unpaired) electrons. The summed E-state index contributed by atoms with van der Waals surface area (Å²) in [7, 11) is 0. The van der Waals surface area contributed by atoms with Crippen molar-refractivity contribution in [1.29, 1.82) is 5.26 Å². The van der Waals surface area contributed by atoms with Crippen molar-refractivity contribution in [2.75, 3.05) is 11.9 Å². The van der Waals surface area contributed by atoms with Gasteiger partial charge < -0.3 is 5.32 Å². The number of nitrogens with zero attached hydrogens (tertiary/aromatic N) is 5. The third kappa shape index (κ3) is 2.67. The maximum absolute atomic E-state index is 9.21. The van der Waals surface area contributed by atoms with Crippen LogP contribution in [0.3, 0.4) is 0 Å². The normalized spacial score (nSPS) is 18.0. The summed E-state index contributed by atoms with van der Waals surface area (Å²) in [5.41, 5.74) is 2.86. The van der Waals surface area contributed by atoms with Crippen LogP contribution < -0.4 is 5.32 Å². The van der Waals surface area contributed by atoms with Crippen LogP contribution in [0.2, 0.25) is 0 Å². The zero-order chi connectivity index (χ0) is 16.4. The second-order valence-corrected chi connectivity index (χ2v) is 6.45. The van der Waals surface area contributed by atoms with Crippen molar-refractivity contribution in [3.05, 3.63) is 30.4 Å². The molecule has 2 aromatic rings. The van der Waals surface area contributed by atoms with Crippen molar-refractivity contribution in [2.24, 2.45) is 5.92 Å². The van der Waals surface area contributed by atoms with E-state index in [2.05, 4.69) is 38.6 Å². The maximum atomic E-state index is 9.21. The second kappa shape index (κ2) is 6.44. The molecule has 1 aliphatic heterocycles. The molecule has 0 aromatic carbocycles. The first-order chi connectivity index (χ1) is 11.9. The molecule has 1 saturated carbocycles. The van der Waals surface area contributed by atoms with Gasteiger partial charge in [0.15, 0.2) is 0 Å². The van der Waals surface area contributed by atoms with Crippen molar-refractivity contribution in [3.63, 3.8) is 0 Å².